The Morgan fingerprint density at radius 1 is 0.963 bits per heavy atom. The van der Waals surface area contributed by atoms with Gasteiger partial charge in [-0.2, -0.15) is 4.39 Å². The lowest BCUT2D eigenvalue weighted by molar-refractivity contribution is 0.296. The molecule has 1 aromatic carbocycles. The van der Waals surface area contributed by atoms with Crippen molar-refractivity contribution in [3.63, 3.8) is 0 Å². The molecular weight excluding hydrogens is 335 g/mol. The molecule has 0 unspecified atom stereocenters. The Kier molecular flexibility index (Phi) is 7.37. The molecule has 1 fully saturated rings. The lowest BCUT2D eigenvalue weighted by atomic mass is 9.79. The van der Waals surface area contributed by atoms with Gasteiger partial charge in [-0.25, -0.2) is 9.97 Å². The Bertz CT molecular complexity index is 703. The SMILES string of the molecule is CCCCC[C@H]1CC[C@H](c2ncc(-c3ccc(CCC)cc3)c(F)n2)CC1. The van der Waals surface area contributed by atoms with Gasteiger partial charge in [0.15, 0.2) is 0 Å². The first kappa shape index (κ1) is 20.0. The zero-order valence-electron chi connectivity index (χ0n) is 16.9. The van der Waals surface area contributed by atoms with Crippen LogP contribution in [-0.4, -0.2) is 9.97 Å². The van der Waals surface area contributed by atoms with Gasteiger partial charge in [-0.3, -0.25) is 0 Å². The minimum absolute atomic E-state index is 0.322. The van der Waals surface area contributed by atoms with Crippen LogP contribution in [0, 0.1) is 11.9 Å². The summed E-state index contributed by atoms with van der Waals surface area (Å²) in [5, 5.41) is 0. The average molecular weight is 369 g/mol. The predicted octanol–water partition coefficient (Wildman–Crippen LogP) is 7.09. The van der Waals surface area contributed by atoms with E-state index in [2.05, 4.69) is 35.9 Å². The molecule has 1 aliphatic carbocycles. The summed E-state index contributed by atoms with van der Waals surface area (Å²) in [5.74, 6) is 1.49. The number of aromatic nitrogens is 2. The zero-order chi connectivity index (χ0) is 19.1. The highest BCUT2D eigenvalue weighted by atomic mass is 19.1. The fourth-order valence-corrected chi connectivity index (χ4v) is 4.30. The van der Waals surface area contributed by atoms with Crippen molar-refractivity contribution in [2.75, 3.05) is 0 Å². The number of halogens is 1. The Hall–Kier alpha value is -1.77. The second-order valence-corrected chi connectivity index (χ2v) is 8.09. The van der Waals surface area contributed by atoms with Gasteiger partial charge < -0.3 is 0 Å². The molecule has 1 saturated carbocycles. The van der Waals surface area contributed by atoms with Gasteiger partial charge in [0.1, 0.15) is 5.82 Å². The number of hydrogen-bond donors (Lipinski definition) is 0. The maximum Gasteiger partial charge on any atom is 0.224 e. The summed E-state index contributed by atoms with van der Waals surface area (Å²) in [7, 11) is 0. The number of benzene rings is 1. The largest absolute Gasteiger partial charge is 0.240 e. The third-order valence-electron chi connectivity index (χ3n) is 5.99. The van der Waals surface area contributed by atoms with Gasteiger partial charge in [0, 0.05) is 12.1 Å². The van der Waals surface area contributed by atoms with Crippen molar-refractivity contribution in [3.8, 4) is 11.1 Å². The lowest BCUT2D eigenvalue weighted by Crippen LogP contribution is -2.16. The molecule has 2 nitrogen and oxygen atoms in total. The first-order valence-corrected chi connectivity index (χ1v) is 10.8. The third-order valence-corrected chi connectivity index (χ3v) is 5.99. The van der Waals surface area contributed by atoms with Crippen LogP contribution in [0.15, 0.2) is 30.5 Å². The van der Waals surface area contributed by atoms with Crippen molar-refractivity contribution in [2.24, 2.45) is 5.92 Å². The number of rotatable bonds is 8. The van der Waals surface area contributed by atoms with E-state index in [1.807, 2.05) is 12.1 Å². The Balaban J connectivity index is 1.61. The summed E-state index contributed by atoms with van der Waals surface area (Å²) in [6.45, 7) is 4.42. The standard InChI is InChI=1S/C24H33FN2/c1-3-5-6-8-19-11-15-21(16-12-19)24-26-17-22(23(25)27-24)20-13-9-18(7-4-2)10-14-20/h9-10,13-14,17,19,21H,3-8,11-12,15-16H2,1-2H3/t19-,21-. The van der Waals surface area contributed by atoms with Crippen molar-refractivity contribution in [3.05, 3.63) is 47.8 Å². The number of unbranched alkanes of at least 4 members (excludes halogenated alkanes) is 2. The molecule has 1 aromatic heterocycles. The molecular formula is C24H33FN2. The van der Waals surface area contributed by atoms with E-state index in [9.17, 15) is 4.39 Å². The van der Waals surface area contributed by atoms with Crippen LogP contribution in [0.25, 0.3) is 11.1 Å². The van der Waals surface area contributed by atoms with Crippen molar-refractivity contribution in [1.29, 1.82) is 0 Å². The van der Waals surface area contributed by atoms with Crippen LogP contribution in [0.3, 0.4) is 0 Å². The number of hydrogen-bond acceptors (Lipinski definition) is 2. The topological polar surface area (TPSA) is 25.8 Å². The molecule has 0 atom stereocenters. The smallest absolute Gasteiger partial charge is 0.224 e. The van der Waals surface area contributed by atoms with Gasteiger partial charge in [-0.1, -0.05) is 70.2 Å². The molecule has 0 N–H and O–H groups in total. The normalized spacial score (nSPS) is 20.0. The maximum absolute atomic E-state index is 14.7. The highest BCUT2D eigenvalue weighted by Gasteiger charge is 2.24. The van der Waals surface area contributed by atoms with Crippen LogP contribution in [-0.2, 0) is 6.42 Å². The van der Waals surface area contributed by atoms with Gasteiger partial charge in [-0.15, -0.1) is 0 Å². The first-order chi connectivity index (χ1) is 13.2. The molecule has 0 amide bonds. The van der Waals surface area contributed by atoms with Crippen LogP contribution in [0.1, 0.15) is 88.9 Å². The molecule has 0 radical (unpaired) electrons. The van der Waals surface area contributed by atoms with Gasteiger partial charge in [0.2, 0.25) is 5.95 Å². The molecule has 1 heterocycles. The Labute approximate surface area is 163 Å². The molecule has 3 heteroatoms. The summed E-state index contributed by atoms with van der Waals surface area (Å²) in [6.07, 6.45) is 13.9. The molecule has 1 aliphatic rings. The fraction of sp³-hybridized carbons (Fsp3) is 0.583. The molecule has 0 aliphatic heterocycles. The van der Waals surface area contributed by atoms with Crippen molar-refractivity contribution >= 4 is 0 Å². The molecule has 3 rings (SSSR count). The van der Waals surface area contributed by atoms with Gasteiger partial charge >= 0.3 is 0 Å². The van der Waals surface area contributed by atoms with E-state index >= 15 is 0 Å². The predicted molar refractivity (Wildman–Crippen MR) is 110 cm³/mol. The van der Waals surface area contributed by atoms with Crippen LogP contribution >= 0.6 is 0 Å². The van der Waals surface area contributed by atoms with Gasteiger partial charge in [-0.05, 0) is 49.1 Å². The third kappa shape index (κ3) is 5.37. The van der Waals surface area contributed by atoms with E-state index in [1.54, 1.807) is 6.20 Å². The van der Waals surface area contributed by atoms with E-state index in [0.29, 0.717) is 17.3 Å². The second kappa shape index (κ2) is 9.96. The van der Waals surface area contributed by atoms with E-state index in [0.717, 1.165) is 37.2 Å². The monoisotopic (exact) mass is 368 g/mol. The van der Waals surface area contributed by atoms with Crippen LogP contribution in [0.5, 0.6) is 0 Å². The van der Waals surface area contributed by atoms with E-state index < -0.39 is 0 Å². The molecule has 27 heavy (non-hydrogen) atoms. The molecule has 0 spiro atoms. The van der Waals surface area contributed by atoms with E-state index in [4.69, 9.17) is 0 Å². The summed E-state index contributed by atoms with van der Waals surface area (Å²) >= 11 is 0. The minimum Gasteiger partial charge on any atom is -0.240 e. The van der Waals surface area contributed by atoms with Crippen molar-refractivity contribution in [1.82, 2.24) is 9.97 Å². The highest BCUT2D eigenvalue weighted by Crippen LogP contribution is 2.37. The summed E-state index contributed by atoms with van der Waals surface area (Å²) in [6, 6.07) is 8.11. The quantitative estimate of drug-likeness (QED) is 0.367. The highest BCUT2D eigenvalue weighted by molar-refractivity contribution is 5.62. The van der Waals surface area contributed by atoms with Gasteiger partial charge in [0.25, 0.3) is 0 Å². The van der Waals surface area contributed by atoms with Crippen LogP contribution in [0.4, 0.5) is 4.39 Å². The summed E-state index contributed by atoms with van der Waals surface area (Å²) < 4.78 is 14.7. The zero-order valence-corrected chi connectivity index (χ0v) is 16.9. The minimum atomic E-state index is -0.381. The van der Waals surface area contributed by atoms with E-state index in [1.165, 1.54) is 44.1 Å². The maximum atomic E-state index is 14.7. The van der Waals surface area contributed by atoms with Crippen LogP contribution in [0.2, 0.25) is 0 Å². The number of aryl methyl sites for hydroxylation is 1. The first-order valence-electron chi connectivity index (χ1n) is 10.8. The summed E-state index contributed by atoms with van der Waals surface area (Å²) in [4.78, 5) is 8.80. The molecule has 146 valence electrons. The lowest BCUT2D eigenvalue weighted by Gasteiger charge is -2.27. The van der Waals surface area contributed by atoms with Crippen LogP contribution < -0.4 is 0 Å². The van der Waals surface area contributed by atoms with Crippen molar-refractivity contribution < 1.29 is 4.39 Å². The van der Waals surface area contributed by atoms with Crippen molar-refractivity contribution in [2.45, 2.75) is 84.0 Å². The van der Waals surface area contributed by atoms with E-state index in [-0.39, 0.29) is 5.95 Å². The average Bonchev–Trinajstić information content (AvgIpc) is 2.70. The Morgan fingerprint density at radius 2 is 1.70 bits per heavy atom. The Morgan fingerprint density at radius 3 is 2.33 bits per heavy atom. The number of nitrogens with zero attached hydrogens (tertiary/aromatic N) is 2. The van der Waals surface area contributed by atoms with Gasteiger partial charge in [0.05, 0.1) is 5.56 Å². The molecule has 0 saturated heterocycles. The summed E-state index contributed by atoms with van der Waals surface area (Å²) in [5.41, 5.74) is 2.66. The molecule has 2 aromatic rings. The molecule has 0 bridgehead atoms. The fourth-order valence-electron chi connectivity index (χ4n) is 4.30. The second-order valence-electron chi connectivity index (χ2n) is 8.09.